The molecule has 0 aliphatic carbocycles. The molecule has 4 heteroatoms. The maximum atomic E-state index is 6.20. The lowest BCUT2D eigenvalue weighted by Crippen LogP contribution is -1.97. The molecule has 0 aliphatic rings. The van der Waals surface area contributed by atoms with Crippen LogP contribution in [0.1, 0.15) is 31.0 Å². The third-order valence-electron chi connectivity index (χ3n) is 3.06. The van der Waals surface area contributed by atoms with E-state index in [2.05, 4.69) is 4.99 Å². The van der Waals surface area contributed by atoms with E-state index in [1.54, 1.807) is 12.1 Å². The van der Waals surface area contributed by atoms with Crippen molar-refractivity contribution >= 4 is 29.4 Å². The first-order chi connectivity index (χ1) is 10.1. The van der Waals surface area contributed by atoms with Crippen LogP contribution in [0.2, 0.25) is 10.0 Å². The van der Waals surface area contributed by atoms with Gasteiger partial charge in [0.25, 0.3) is 0 Å². The minimum atomic E-state index is -0.0779. The van der Waals surface area contributed by atoms with Gasteiger partial charge in [0.1, 0.15) is 5.75 Å². The Morgan fingerprint density at radius 2 is 1.95 bits per heavy atom. The molecule has 1 unspecified atom stereocenters. The van der Waals surface area contributed by atoms with E-state index in [4.69, 9.17) is 27.9 Å². The number of nitrogens with zero attached hydrogens (tertiary/aromatic N) is 1. The highest BCUT2D eigenvalue weighted by Crippen LogP contribution is 2.28. The van der Waals surface area contributed by atoms with Crippen molar-refractivity contribution in [2.75, 3.05) is 6.61 Å². The summed E-state index contributed by atoms with van der Waals surface area (Å²) in [6, 6.07) is 13.1. The minimum absolute atomic E-state index is 0.0779. The summed E-state index contributed by atoms with van der Waals surface area (Å²) in [5, 5.41) is 1.33. The number of ether oxygens (including phenoxy) is 1. The Kier molecular flexibility index (Phi) is 5.66. The van der Waals surface area contributed by atoms with Crippen LogP contribution in [0.15, 0.2) is 47.5 Å². The van der Waals surface area contributed by atoms with Gasteiger partial charge in [-0.1, -0.05) is 35.3 Å². The van der Waals surface area contributed by atoms with Crippen LogP contribution in [0.5, 0.6) is 5.75 Å². The van der Waals surface area contributed by atoms with Crippen LogP contribution in [-0.2, 0) is 0 Å². The quantitative estimate of drug-likeness (QED) is 0.659. The average Bonchev–Trinajstić information content (AvgIpc) is 2.49. The molecule has 0 saturated carbocycles. The first-order valence-electron chi connectivity index (χ1n) is 6.81. The minimum Gasteiger partial charge on any atom is -0.493 e. The van der Waals surface area contributed by atoms with Crippen molar-refractivity contribution in [1.29, 1.82) is 0 Å². The van der Waals surface area contributed by atoms with Crippen LogP contribution in [0.4, 0.5) is 0 Å². The van der Waals surface area contributed by atoms with Crippen molar-refractivity contribution in [2.24, 2.45) is 4.99 Å². The van der Waals surface area contributed by atoms with Crippen molar-refractivity contribution in [1.82, 2.24) is 0 Å². The Balaban J connectivity index is 2.22. The molecule has 0 bridgehead atoms. The average molecular weight is 322 g/mol. The van der Waals surface area contributed by atoms with E-state index in [1.165, 1.54) is 0 Å². The number of benzene rings is 2. The van der Waals surface area contributed by atoms with Gasteiger partial charge in [-0.2, -0.15) is 0 Å². The van der Waals surface area contributed by atoms with E-state index in [0.717, 1.165) is 16.9 Å². The molecule has 2 nitrogen and oxygen atoms in total. The van der Waals surface area contributed by atoms with Gasteiger partial charge in [-0.25, -0.2) is 0 Å². The van der Waals surface area contributed by atoms with Crippen LogP contribution < -0.4 is 4.74 Å². The van der Waals surface area contributed by atoms with Crippen LogP contribution in [-0.4, -0.2) is 12.8 Å². The lowest BCUT2D eigenvalue weighted by molar-refractivity contribution is 0.340. The zero-order valence-corrected chi connectivity index (χ0v) is 13.5. The van der Waals surface area contributed by atoms with Gasteiger partial charge < -0.3 is 4.74 Å². The summed E-state index contributed by atoms with van der Waals surface area (Å²) >= 11 is 12.2. The SMILES string of the molecule is CCOc1ccccc1C=NC(C)c1cc(Cl)ccc1Cl. The van der Waals surface area contributed by atoms with Crippen molar-refractivity contribution in [2.45, 2.75) is 19.9 Å². The van der Waals surface area contributed by atoms with Gasteiger partial charge in [0.2, 0.25) is 0 Å². The fraction of sp³-hybridized carbons (Fsp3) is 0.235. The number of hydrogen-bond donors (Lipinski definition) is 0. The maximum Gasteiger partial charge on any atom is 0.128 e. The van der Waals surface area contributed by atoms with Crippen LogP contribution in [0.25, 0.3) is 0 Å². The fourth-order valence-corrected chi connectivity index (χ4v) is 2.44. The third kappa shape index (κ3) is 4.23. The lowest BCUT2D eigenvalue weighted by Gasteiger charge is -2.10. The van der Waals surface area contributed by atoms with Crippen LogP contribution in [0, 0.1) is 0 Å². The molecule has 0 aliphatic heterocycles. The third-order valence-corrected chi connectivity index (χ3v) is 3.64. The van der Waals surface area contributed by atoms with E-state index >= 15 is 0 Å². The van der Waals surface area contributed by atoms with Gasteiger partial charge in [-0.05, 0) is 49.7 Å². The Labute approximate surface area is 135 Å². The number of hydrogen-bond acceptors (Lipinski definition) is 2. The van der Waals surface area contributed by atoms with Gasteiger partial charge in [-0.15, -0.1) is 0 Å². The predicted molar refractivity (Wildman–Crippen MR) is 90.1 cm³/mol. The van der Waals surface area contributed by atoms with Crippen molar-refractivity contribution in [3.05, 3.63) is 63.6 Å². The van der Waals surface area contributed by atoms with Crippen molar-refractivity contribution < 1.29 is 4.74 Å². The second kappa shape index (κ2) is 7.48. The first kappa shape index (κ1) is 15.9. The van der Waals surface area contributed by atoms with E-state index in [-0.39, 0.29) is 6.04 Å². The largest absolute Gasteiger partial charge is 0.493 e. The molecule has 2 rings (SSSR count). The topological polar surface area (TPSA) is 21.6 Å². The van der Waals surface area contributed by atoms with E-state index < -0.39 is 0 Å². The molecule has 0 N–H and O–H groups in total. The van der Waals surface area contributed by atoms with Crippen molar-refractivity contribution in [3.8, 4) is 5.75 Å². The highest BCUT2D eigenvalue weighted by Gasteiger charge is 2.09. The Bertz CT molecular complexity index is 640. The standard InChI is InChI=1S/C17H17Cl2NO/c1-3-21-17-7-5-4-6-13(17)11-20-12(2)15-10-14(18)8-9-16(15)19/h4-12H,3H2,1-2H3. The Morgan fingerprint density at radius 1 is 1.19 bits per heavy atom. The summed E-state index contributed by atoms with van der Waals surface area (Å²) < 4.78 is 5.58. The van der Waals surface area contributed by atoms with E-state index in [0.29, 0.717) is 16.7 Å². The number of para-hydroxylation sites is 1. The van der Waals surface area contributed by atoms with Crippen LogP contribution in [0.3, 0.4) is 0 Å². The molecule has 0 fully saturated rings. The number of halogens is 2. The molecule has 21 heavy (non-hydrogen) atoms. The lowest BCUT2D eigenvalue weighted by atomic mass is 10.1. The summed E-state index contributed by atoms with van der Waals surface area (Å²) in [4.78, 5) is 4.56. The molecular weight excluding hydrogens is 305 g/mol. The molecule has 0 heterocycles. The molecule has 2 aromatic rings. The van der Waals surface area contributed by atoms with Gasteiger partial charge >= 0.3 is 0 Å². The van der Waals surface area contributed by atoms with Gasteiger partial charge in [0, 0.05) is 21.8 Å². The van der Waals surface area contributed by atoms with E-state index in [9.17, 15) is 0 Å². The zero-order valence-electron chi connectivity index (χ0n) is 12.0. The molecule has 0 amide bonds. The highest BCUT2D eigenvalue weighted by atomic mass is 35.5. The molecule has 0 spiro atoms. The molecule has 1 atom stereocenters. The fourth-order valence-electron chi connectivity index (χ4n) is 1.98. The summed E-state index contributed by atoms with van der Waals surface area (Å²) in [5.74, 6) is 0.827. The van der Waals surface area contributed by atoms with E-state index in [1.807, 2.05) is 50.4 Å². The molecule has 0 radical (unpaired) electrons. The summed E-state index contributed by atoms with van der Waals surface area (Å²) in [6.45, 7) is 4.57. The normalized spacial score (nSPS) is 12.6. The molecule has 0 saturated heterocycles. The van der Waals surface area contributed by atoms with Crippen LogP contribution >= 0.6 is 23.2 Å². The van der Waals surface area contributed by atoms with Gasteiger partial charge in [-0.3, -0.25) is 4.99 Å². The Hall–Kier alpha value is -1.51. The van der Waals surface area contributed by atoms with Gasteiger partial charge in [0.05, 0.1) is 12.6 Å². The summed E-state index contributed by atoms with van der Waals surface area (Å²) in [7, 11) is 0. The predicted octanol–water partition coefficient (Wildman–Crippen LogP) is 5.57. The molecule has 0 aromatic heterocycles. The zero-order chi connectivity index (χ0) is 15.2. The second-order valence-electron chi connectivity index (χ2n) is 4.59. The summed E-state index contributed by atoms with van der Waals surface area (Å²) in [5.41, 5.74) is 1.86. The van der Waals surface area contributed by atoms with Gasteiger partial charge in [0.15, 0.2) is 0 Å². The molecule has 2 aromatic carbocycles. The number of rotatable bonds is 5. The molecule has 110 valence electrons. The Morgan fingerprint density at radius 3 is 2.71 bits per heavy atom. The maximum absolute atomic E-state index is 6.20. The van der Waals surface area contributed by atoms with Crippen molar-refractivity contribution in [3.63, 3.8) is 0 Å². The first-order valence-corrected chi connectivity index (χ1v) is 7.57. The smallest absolute Gasteiger partial charge is 0.128 e. The molecular formula is C17H17Cl2NO. The summed E-state index contributed by atoms with van der Waals surface area (Å²) in [6.07, 6.45) is 1.81. The second-order valence-corrected chi connectivity index (χ2v) is 5.43. The monoisotopic (exact) mass is 321 g/mol. The highest BCUT2D eigenvalue weighted by molar-refractivity contribution is 6.33. The number of aliphatic imine (C=N–C) groups is 1.